The number of carboxylic acids is 2. The van der Waals surface area contributed by atoms with Crippen LogP contribution < -0.4 is 4.74 Å². The number of halogens is 1. The van der Waals surface area contributed by atoms with Crippen molar-refractivity contribution in [1.82, 2.24) is 0 Å². The Morgan fingerprint density at radius 1 is 1.08 bits per heavy atom. The average molecular weight is 381 g/mol. The Balaban J connectivity index is 2.42. The molecule has 0 amide bonds. The number of aliphatic hydroxyl groups excluding tert-OH is 1. The Labute approximate surface area is 153 Å². The summed E-state index contributed by atoms with van der Waals surface area (Å²) in [5, 5.41) is 29.3. The van der Waals surface area contributed by atoms with Gasteiger partial charge < -0.3 is 20.1 Å². The zero-order chi connectivity index (χ0) is 19.6. The summed E-state index contributed by atoms with van der Waals surface area (Å²) < 4.78 is 5.14. The molecule has 0 aromatic heterocycles. The minimum Gasteiger partial charge on any atom is -0.495 e. The first-order valence-corrected chi connectivity index (χ1v) is 8.00. The second-order valence-electron chi connectivity index (χ2n) is 5.79. The third kappa shape index (κ3) is 3.63. The highest BCUT2D eigenvalue weighted by atomic mass is 35.5. The third-order valence-electron chi connectivity index (χ3n) is 4.23. The van der Waals surface area contributed by atoms with Gasteiger partial charge in [-0.3, -0.25) is 9.59 Å². The summed E-state index contributed by atoms with van der Waals surface area (Å²) in [4.78, 5) is 34.6. The highest BCUT2D eigenvalue weighted by Crippen LogP contribution is 2.34. The molecule has 138 valence electrons. The number of rotatable bonds is 7. The molecule has 2 aromatic carbocycles. The summed E-state index contributed by atoms with van der Waals surface area (Å²) in [6.07, 6.45) is -2.32. The van der Waals surface area contributed by atoms with E-state index in [9.17, 15) is 19.5 Å². The van der Waals surface area contributed by atoms with E-state index >= 15 is 0 Å². The van der Waals surface area contributed by atoms with E-state index in [0.29, 0.717) is 27.1 Å². The molecule has 0 bridgehead atoms. The molecule has 0 fully saturated rings. The van der Waals surface area contributed by atoms with Crippen LogP contribution in [-0.2, 0) is 14.4 Å². The zero-order valence-electron chi connectivity index (χ0n) is 14.0. The van der Waals surface area contributed by atoms with Crippen LogP contribution in [0, 0.1) is 5.92 Å². The Bertz CT molecular complexity index is 877. The monoisotopic (exact) mass is 380 g/mol. The van der Waals surface area contributed by atoms with E-state index in [0.717, 1.165) is 0 Å². The fourth-order valence-electron chi connectivity index (χ4n) is 2.71. The van der Waals surface area contributed by atoms with Gasteiger partial charge >= 0.3 is 11.9 Å². The summed E-state index contributed by atoms with van der Waals surface area (Å²) in [5.41, 5.74) is 0.479. The van der Waals surface area contributed by atoms with Crippen LogP contribution in [0.2, 0.25) is 5.02 Å². The first kappa shape index (κ1) is 19.7. The lowest BCUT2D eigenvalue weighted by Crippen LogP contribution is -2.41. The molecule has 0 aliphatic heterocycles. The lowest BCUT2D eigenvalue weighted by molar-refractivity contribution is -0.163. The molecule has 3 N–H and O–H groups in total. The molecule has 0 saturated carbocycles. The molecular weight excluding hydrogens is 364 g/mol. The minimum atomic E-state index is -2.32. The Morgan fingerprint density at radius 2 is 1.73 bits per heavy atom. The Kier molecular flexibility index (Phi) is 5.84. The van der Waals surface area contributed by atoms with Crippen molar-refractivity contribution in [3.63, 3.8) is 0 Å². The molecule has 1 unspecified atom stereocenters. The number of fused-ring (bicyclic) bond motifs is 1. The maximum Gasteiger partial charge on any atom is 0.333 e. The predicted octanol–water partition coefficient (Wildman–Crippen LogP) is 2.32. The molecule has 0 aliphatic carbocycles. The van der Waals surface area contributed by atoms with Crippen LogP contribution in [0.1, 0.15) is 18.4 Å². The second kappa shape index (κ2) is 7.72. The minimum absolute atomic E-state index is 0.403. The number of carbonyl (C=O) groups is 3. The summed E-state index contributed by atoms with van der Waals surface area (Å²) in [7, 11) is 1.49. The smallest absolute Gasteiger partial charge is 0.333 e. The molecule has 26 heavy (non-hydrogen) atoms. The van der Waals surface area contributed by atoms with Crippen molar-refractivity contribution in [1.29, 1.82) is 0 Å². The number of Topliss-reactive ketones (excluding diaryl/α,β-unsaturated/α-hetero) is 1. The molecule has 2 aromatic rings. The summed E-state index contributed by atoms with van der Waals surface area (Å²) in [6.45, 7) is 1.46. The van der Waals surface area contributed by atoms with Crippen molar-refractivity contribution >= 4 is 40.1 Å². The van der Waals surface area contributed by atoms with Gasteiger partial charge in [0.25, 0.3) is 0 Å². The van der Waals surface area contributed by atoms with Gasteiger partial charge in [-0.15, -0.1) is 0 Å². The first-order chi connectivity index (χ1) is 12.2. The van der Waals surface area contributed by atoms with Gasteiger partial charge in [0.1, 0.15) is 5.75 Å². The lowest BCUT2D eigenvalue weighted by atomic mass is 9.85. The number of ketones is 1. The van der Waals surface area contributed by atoms with Gasteiger partial charge in [0, 0.05) is 11.3 Å². The Hall–Kier alpha value is -2.64. The van der Waals surface area contributed by atoms with Crippen LogP contribution in [0.5, 0.6) is 5.75 Å². The van der Waals surface area contributed by atoms with Crippen molar-refractivity contribution in [3.8, 4) is 5.75 Å². The summed E-state index contributed by atoms with van der Waals surface area (Å²) in [6, 6.07) is 8.33. The Morgan fingerprint density at radius 3 is 2.27 bits per heavy atom. The van der Waals surface area contributed by atoms with E-state index in [4.69, 9.17) is 26.6 Å². The quantitative estimate of drug-likeness (QED) is 0.630. The fraction of sp³-hybridized carbons (Fsp3) is 0.278. The molecule has 7 nitrogen and oxygen atoms in total. The van der Waals surface area contributed by atoms with Gasteiger partial charge in [-0.25, -0.2) is 4.79 Å². The molecule has 0 saturated heterocycles. The fourth-order valence-corrected chi connectivity index (χ4v) is 3.02. The highest BCUT2D eigenvalue weighted by molar-refractivity contribution is 6.37. The lowest BCUT2D eigenvalue weighted by Gasteiger charge is -2.19. The largest absolute Gasteiger partial charge is 0.495 e. The number of hydrogen-bond acceptors (Lipinski definition) is 5. The van der Waals surface area contributed by atoms with Gasteiger partial charge in [0.05, 0.1) is 12.1 Å². The molecular formula is C18H17ClO7. The van der Waals surface area contributed by atoms with E-state index < -0.39 is 35.7 Å². The topological polar surface area (TPSA) is 121 Å². The normalized spacial score (nSPS) is 14.5. The number of aliphatic hydroxyl groups is 1. The van der Waals surface area contributed by atoms with E-state index in [-0.39, 0.29) is 0 Å². The number of ether oxygens (including phenoxy) is 1. The SMILES string of the molecule is COc1ccc2cc(C(C)C(=O)[C@H](C(=O)O)[C@@H](O)C(=O)O)ccc2c1Cl. The van der Waals surface area contributed by atoms with Crippen LogP contribution in [-0.4, -0.2) is 46.3 Å². The predicted molar refractivity (Wildman–Crippen MR) is 93.7 cm³/mol. The molecule has 0 spiro atoms. The maximum atomic E-state index is 12.5. The summed E-state index contributed by atoms with van der Waals surface area (Å²) in [5.74, 6) is -6.85. The molecule has 2 rings (SSSR count). The van der Waals surface area contributed by atoms with Crippen molar-refractivity contribution in [3.05, 3.63) is 40.9 Å². The molecule has 0 aliphatic rings. The van der Waals surface area contributed by atoms with Crippen molar-refractivity contribution in [2.75, 3.05) is 7.11 Å². The van der Waals surface area contributed by atoms with E-state index in [1.807, 2.05) is 0 Å². The van der Waals surface area contributed by atoms with E-state index in [1.54, 1.807) is 30.3 Å². The van der Waals surface area contributed by atoms with Crippen LogP contribution in [0.4, 0.5) is 0 Å². The van der Waals surface area contributed by atoms with Gasteiger partial charge in [-0.2, -0.15) is 0 Å². The van der Waals surface area contributed by atoms with Crippen molar-refractivity contribution in [2.45, 2.75) is 18.9 Å². The third-order valence-corrected chi connectivity index (χ3v) is 4.62. The van der Waals surface area contributed by atoms with Crippen molar-refractivity contribution < 1.29 is 34.4 Å². The van der Waals surface area contributed by atoms with Gasteiger partial charge in [-0.1, -0.05) is 42.8 Å². The highest BCUT2D eigenvalue weighted by Gasteiger charge is 2.40. The van der Waals surface area contributed by atoms with Crippen LogP contribution >= 0.6 is 11.6 Å². The van der Waals surface area contributed by atoms with Gasteiger partial charge in [0.2, 0.25) is 0 Å². The number of benzene rings is 2. The number of carboxylic acid groups (broad SMARTS) is 2. The zero-order valence-corrected chi connectivity index (χ0v) is 14.7. The van der Waals surface area contributed by atoms with Gasteiger partial charge in [-0.05, 0) is 17.0 Å². The number of carbonyl (C=O) groups excluding carboxylic acids is 1. The van der Waals surface area contributed by atoms with Gasteiger partial charge in [0.15, 0.2) is 17.8 Å². The first-order valence-electron chi connectivity index (χ1n) is 7.62. The summed E-state index contributed by atoms with van der Waals surface area (Å²) >= 11 is 6.24. The van der Waals surface area contributed by atoms with E-state index in [2.05, 4.69) is 0 Å². The molecule has 0 heterocycles. The second-order valence-corrected chi connectivity index (χ2v) is 6.16. The van der Waals surface area contributed by atoms with Crippen LogP contribution in [0.25, 0.3) is 10.8 Å². The number of hydrogen-bond donors (Lipinski definition) is 3. The standard InChI is InChI=1S/C18H17ClO7/c1-8(15(20)13(17(22)23)16(21)18(24)25)9-3-5-11-10(7-9)4-6-12(26-2)14(11)19/h3-8,13,16,21H,1-2H3,(H,22,23)(H,24,25)/t8?,13-,16+/m0/s1. The molecule has 3 atom stereocenters. The average Bonchev–Trinajstić information content (AvgIpc) is 2.60. The van der Waals surface area contributed by atoms with Crippen LogP contribution in [0.3, 0.4) is 0 Å². The van der Waals surface area contributed by atoms with Crippen LogP contribution in [0.15, 0.2) is 30.3 Å². The van der Waals surface area contributed by atoms with E-state index in [1.165, 1.54) is 14.0 Å². The molecule has 0 radical (unpaired) electrons. The maximum absolute atomic E-state index is 12.5. The van der Waals surface area contributed by atoms with Crippen molar-refractivity contribution in [2.24, 2.45) is 5.92 Å². The number of aliphatic carboxylic acids is 2. The molecule has 8 heteroatoms. The number of methoxy groups -OCH3 is 1.